The number of carbonyl (C=O) groups excluding carboxylic acids is 1. The van der Waals surface area contributed by atoms with Crippen molar-refractivity contribution in [1.82, 2.24) is 5.32 Å². The number of ether oxygens (including phenoxy) is 2. The number of carbonyl (C=O) groups is 1. The summed E-state index contributed by atoms with van der Waals surface area (Å²) in [5.41, 5.74) is 0. The van der Waals surface area contributed by atoms with Crippen LogP contribution in [0.4, 0.5) is 0 Å². The Morgan fingerprint density at radius 3 is 0.887 bits per heavy atom. The van der Waals surface area contributed by atoms with E-state index in [0.717, 1.165) is 38.5 Å². The summed E-state index contributed by atoms with van der Waals surface area (Å²) in [6.07, 6.45) is 70.6. The quantitative estimate of drug-likeness (QED) is 0.0330. The summed E-state index contributed by atoms with van der Waals surface area (Å²) in [7, 11) is 0. The number of aliphatic hydroxyl groups is 5. The third kappa shape index (κ3) is 49.5. The van der Waals surface area contributed by atoms with Gasteiger partial charge in [-0.1, -0.05) is 373 Å². The highest BCUT2D eigenvalue weighted by molar-refractivity contribution is 5.76. The summed E-state index contributed by atoms with van der Waals surface area (Å²) < 4.78 is 11.4. The molecule has 1 heterocycles. The maximum absolute atomic E-state index is 13.1. The van der Waals surface area contributed by atoms with Crippen LogP contribution in [-0.4, -0.2) is 87.5 Å². The normalized spacial score (nSPS) is 18.3. The summed E-state index contributed by atoms with van der Waals surface area (Å²) in [4.78, 5) is 13.1. The van der Waals surface area contributed by atoms with E-state index in [2.05, 4.69) is 19.2 Å². The SMILES string of the molecule is CCCCCCCCCCCCCCCCCCCCCCCCCCCCCCCCCCCCCCCCCC(=O)NC(COC1OC(CO)C(O)C(O)C1O)C(O)CCCCCCCCCCCCCCCCCCCC. The number of nitrogens with one attached hydrogen (secondary N) is 1. The van der Waals surface area contributed by atoms with E-state index in [1.807, 2.05) is 0 Å². The van der Waals surface area contributed by atoms with Crippen LogP contribution in [0.1, 0.15) is 393 Å². The molecule has 0 saturated carbocycles. The lowest BCUT2D eigenvalue weighted by Crippen LogP contribution is -2.60. The fourth-order valence-corrected chi connectivity index (χ4v) is 12.3. The van der Waals surface area contributed by atoms with Crippen LogP contribution in [0.3, 0.4) is 0 Å². The van der Waals surface area contributed by atoms with E-state index in [1.165, 1.54) is 327 Å². The molecular weight excluding hydrogens is 995 g/mol. The Morgan fingerprint density at radius 2 is 0.625 bits per heavy atom. The molecule has 1 aliphatic heterocycles. The Morgan fingerprint density at radius 1 is 0.375 bits per heavy atom. The van der Waals surface area contributed by atoms with Crippen molar-refractivity contribution in [2.24, 2.45) is 0 Å². The molecule has 1 fully saturated rings. The summed E-state index contributed by atoms with van der Waals surface area (Å²) >= 11 is 0. The molecule has 9 nitrogen and oxygen atoms in total. The van der Waals surface area contributed by atoms with Gasteiger partial charge in [-0.2, -0.15) is 0 Å². The molecule has 1 aliphatic rings. The smallest absolute Gasteiger partial charge is 0.220 e. The van der Waals surface area contributed by atoms with E-state index in [1.54, 1.807) is 0 Å². The molecule has 7 unspecified atom stereocenters. The van der Waals surface area contributed by atoms with Gasteiger partial charge in [-0.3, -0.25) is 4.79 Å². The lowest BCUT2D eigenvalue weighted by molar-refractivity contribution is -0.302. The molecule has 0 aromatic rings. The van der Waals surface area contributed by atoms with Gasteiger partial charge in [0.05, 0.1) is 25.4 Å². The fraction of sp³-hybridized carbons (Fsp3) is 0.986. The highest BCUT2D eigenvalue weighted by Gasteiger charge is 2.44. The number of hydrogen-bond acceptors (Lipinski definition) is 8. The number of amides is 1. The highest BCUT2D eigenvalue weighted by atomic mass is 16.7. The third-order valence-corrected chi connectivity index (χ3v) is 18.0. The van der Waals surface area contributed by atoms with E-state index in [-0.39, 0.29) is 12.5 Å². The predicted molar refractivity (Wildman–Crippen MR) is 341 cm³/mol. The van der Waals surface area contributed by atoms with Crippen LogP contribution in [0.2, 0.25) is 0 Å². The molecule has 0 radical (unpaired) electrons. The second kappa shape index (κ2) is 61.3. The first-order chi connectivity index (χ1) is 39.3. The number of aliphatic hydroxyl groups excluding tert-OH is 5. The van der Waals surface area contributed by atoms with Crippen LogP contribution in [0.25, 0.3) is 0 Å². The number of unbranched alkanes of at least 4 members (excludes halogenated alkanes) is 55. The summed E-state index contributed by atoms with van der Waals surface area (Å²) in [6, 6.07) is -0.714. The Labute approximate surface area is 497 Å². The first-order valence-corrected chi connectivity index (χ1v) is 36.2. The van der Waals surface area contributed by atoms with Gasteiger partial charge < -0.3 is 40.3 Å². The van der Waals surface area contributed by atoms with Crippen LogP contribution in [-0.2, 0) is 14.3 Å². The standard InChI is InChI=1S/C71H141NO8/c1-3-5-7-9-11-13-15-17-19-21-23-24-25-26-27-28-29-30-31-32-33-34-35-36-37-38-39-40-41-42-43-45-47-49-51-53-55-57-59-61-67(75)72-64(63-79-71-70(78)69(77)68(76)66(62-73)80-71)65(74)60-58-56-54-52-50-48-46-44-22-20-18-16-14-12-10-8-6-4-2/h64-66,68-71,73-74,76-78H,3-63H2,1-2H3,(H,72,75). The average molecular weight is 1140 g/mol. The van der Waals surface area contributed by atoms with Gasteiger partial charge in [0.25, 0.3) is 0 Å². The van der Waals surface area contributed by atoms with Gasteiger partial charge in [0.2, 0.25) is 5.91 Å². The second-order valence-electron chi connectivity index (χ2n) is 25.8. The lowest BCUT2D eigenvalue weighted by Gasteiger charge is -2.40. The fourth-order valence-electron chi connectivity index (χ4n) is 12.3. The van der Waals surface area contributed by atoms with E-state index in [9.17, 15) is 30.3 Å². The minimum Gasteiger partial charge on any atom is -0.394 e. The molecule has 6 N–H and O–H groups in total. The van der Waals surface area contributed by atoms with Crippen molar-refractivity contribution < 1.29 is 39.8 Å². The van der Waals surface area contributed by atoms with E-state index < -0.39 is 49.5 Å². The van der Waals surface area contributed by atoms with Crippen LogP contribution < -0.4 is 5.32 Å². The van der Waals surface area contributed by atoms with Crippen LogP contribution in [0.5, 0.6) is 0 Å². The molecule has 9 heteroatoms. The van der Waals surface area contributed by atoms with Crippen molar-refractivity contribution in [2.45, 2.75) is 436 Å². The Hall–Kier alpha value is -0.810. The molecule has 7 atom stereocenters. The van der Waals surface area contributed by atoms with Gasteiger partial charge in [0.15, 0.2) is 6.29 Å². The molecule has 0 bridgehead atoms. The van der Waals surface area contributed by atoms with Crippen molar-refractivity contribution in [1.29, 1.82) is 0 Å². The summed E-state index contributed by atoms with van der Waals surface area (Å²) in [5.74, 6) is -0.134. The van der Waals surface area contributed by atoms with Gasteiger partial charge in [-0.15, -0.1) is 0 Å². The molecular formula is C71H141NO8. The molecule has 0 spiro atoms. The van der Waals surface area contributed by atoms with Crippen LogP contribution in [0, 0.1) is 0 Å². The minimum atomic E-state index is -1.55. The van der Waals surface area contributed by atoms with Crippen molar-refractivity contribution in [3.8, 4) is 0 Å². The number of rotatable bonds is 65. The van der Waals surface area contributed by atoms with E-state index in [4.69, 9.17) is 9.47 Å². The van der Waals surface area contributed by atoms with Crippen molar-refractivity contribution in [3.05, 3.63) is 0 Å². The highest BCUT2D eigenvalue weighted by Crippen LogP contribution is 2.24. The Kier molecular flexibility index (Phi) is 59.1. The number of hydrogen-bond donors (Lipinski definition) is 6. The van der Waals surface area contributed by atoms with Crippen LogP contribution in [0.15, 0.2) is 0 Å². The lowest BCUT2D eigenvalue weighted by atomic mass is 9.99. The van der Waals surface area contributed by atoms with Crippen LogP contribution >= 0.6 is 0 Å². The molecule has 0 aromatic heterocycles. The maximum Gasteiger partial charge on any atom is 0.220 e. The first-order valence-electron chi connectivity index (χ1n) is 36.2. The summed E-state index contributed by atoms with van der Waals surface area (Å²) in [6.45, 7) is 3.90. The third-order valence-electron chi connectivity index (χ3n) is 18.0. The monoisotopic (exact) mass is 1140 g/mol. The van der Waals surface area contributed by atoms with Gasteiger partial charge in [0.1, 0.15) is 24.4 Å². The predicted octanol–water partition coefficient (Wildman–Crippen LogP) is 19.7. The second-order valence-corrected chi connectivity index (χ2v) is 25.8. The minimum absolute atomic E-state index is 0.131. The molecule has 0 aromatic carbocycles. The van der Waals surface area contributed by atoms with E-state index >= 15 is 0 Å². The van der Waals surface area contributed by atoms with Gasteiger partial charge >= 0.3 is 0 Å². The Balaban J connectivity index is 2.01. The zero-order valence-corrected chi connectivity index (χ0v) is 53.6. The Bertz CT molecular complexity index is 1220. The topological polar surface area (TPSA) is 149 Å². The zero-order valence-electron chi connectivity index (χ0n) is 53.6. The molecule has 1 rings (SSSR count). The van der Waals surface area contributed by atoms with Gasteiger partial charge in [0, 0.05) is 6.42 Å². The largest absolute Gasteiger partial charge is 0.394 e. The molecule has 478 valence electrons. The van der Waals surface area contributed by atoms with Gasteiger partial charge in [-0.05, 0) is 12.8 Å². The van der Waals surface area contributed by atoms with Crippen molar-refractivity contribution >= 4 is 5.91 Å². The first kappa shape index (κ1) is 77.2. The van der Waals surface area contributed by atoms with Crippen molar-refractivity contribution in [3.63, 3.8) is 0 Å². The van der Waals surface area contributed by atoms with Gasteiger partial charge in [-0.25, -0.2) is 0 Å². The summed E-state index contributed by atoms with van der Waals surface area (Å²) in [5, 5.41) is 54.9. The molecule has 1 saturated heterocycles. The van der Waals surface area contributed by atoms with Crippen molar-refractivity contribution in [2.75, 3.05) is 13.2 Å². The molecule has 80 heavy (non-hydrogen) atoms. The maximum atomic E-state index is 13.1. The molecule has 0 aliphatic carbocycles. The average Bonchev–Trinajstić information content (AvgIpc) is 3.46. The molecule has 1 amide bonds. The van der Waals surface area contributed by atoms with E-state index in [0.29, 0.717) is 12.8 Å². The zero-order chi connectivity index (χ0) is 57.9.